The molecule has 1 amide bonds. The van der Waals surface area contributed by atoms with Gasteiger partial charge in [-0.15, -0.1) is 0 Å². The van der Waals surface area contributed by atoms with Gasteiger partial charge in [0, 0.05) is 22.7 Å². The van der Waals surface area contributed by atoms with Gasteiger partial charge in [-0.25, -0.2) is 9.97 Å². The van der Waals surface area contributed by atoms with Crippen LogP contribution in [0.5, 0.6) is 0 Å². The molecule has 37 heavy (non-hydrogen) atoms. The Morgan fingerprint density at radius 3 is 2.46 bits per heavy atom. The van der Waals surface area contributed by atoms with Crippen molar-refractivity contribution in [3.63, 3.8) is 0 Å². The first-order chi connectivity index (χ1) is 17.8. The Bertz CT molecular complexity index is 1600. The molecule has 0 aliphatic carbocycles. The second-order valence-corrected chi connectivity index (χ2v) is 9.19. The summed E-state index contributed by atoms with van der Waals surface area (Å²) in [6, 6.07) is 24.6. The molecule has 0 saturated heterocycles. The van der Waals surface area contributed by atoms with E-state index in [1.807, 2.05) is 60.7 Å². The summed E-state index contributed by atoms with van der Waals surface area (Å²) >= 11 is 0. The number of carbonyl (C=O) groups excluding carboxylic acids is 1. The zero-order valence-electron chi connectivity index (χ0n) is 20.5. The van der Waals surface area contributed by atoms with Crippen LogP contribution in [0.1, 0.15) is 35.7 Å². The molecule has 0 aliphatic heterocycles. The number of nitrogen functional groups attached to an aromatic ring is 1. The van der Waals surface area contributed by atoms with Gasteiger partial charge >= 0.3 is 0 Å². The maximum atomic E-state index is 13.2. The molecule has 0 spiro atoms. The maximum Gasteiger partial charge on any atom is 0.274 e. The molecule has 0 saturated carbocycles. The Labute approximate surface area is 214 Å². The van der Waals surface area contributed by atoms with Crippen LogP contribution in [0.2, 0.25) is 0 Å². The monoisotopic (exact) mass is 490 g/mol. The average Bonchev–Trinajstić information content (AvgIpc) is 2.91. The second kappa shape index (κ2) is 9.75. The van der Waals surface area contributed by atoms with E-state index in [4.69, 9.17) is 10.7 Å². The van der Waals surface area contributed by atoms with Crippen LogP contribution >= 0.6 is 0 Å². The molecule has 8 nitrogen and oxygen atoms in total. The van der Waals surface area contributed by atoms with E-state index in [-0.39, 0.29) is 18.1 Å². The lowest BCUT2D eigenvalue weighted by atomic mass is 10.0. The third kappa shape index (κ3) is 5.14. The first-order valence-corrected chi connectivity index (χ1v) is 11.8. The number of nitrogens with two attached hydrogens (primary N) is 1. The van der Waals surface area contributed by atoms with E-state index in [1.165, 1.54) is 0 Å². The summed E-state index contributed by atoms with van der Waals surface area (Å²) in [6.07, 6.45) is 1.74. The lowest BCUT2D eigenvalue weighted by Crippen LogP contribution is -2.27. The summed E-state index contributed by atoms with van der Waals surface area (Å²) in [6.45, 7) is 3.46. The van der Waals surface area contributed by atoms with Crippen molar-refractivity contribution in [1.29, 1.82) is 0 Å². The quantitative estimate of drug-likeness (QED) is 0.320. The van der Waals surface area contributed by atoms with Crippen LogP contribution < -0.4 is 11.1 Å². The van der Waals surface area contributed by atoms with Gasteiger partial charge < -0.3 is 16.2 Å². The van der Waals surface area contributed by atoms with Gasteiger partial charge in [0.2, 0.25) is 0 Å². The number of carbonyl (C=O) groups is 1. The first-order valence-electron chi connectivity index (χ1n) is 11.8. The van der Waals surface area contributed by atoms with Gasteiger partial charge in [0.25, 0.3) is 5.91 Å². The van der Waals surface area contributed by atoms with Crippen LogP contribution in [0.25, 0.3) is 33.4 Å². The Morgan fingerprint density at radius 2 is 1.68 bits per heavy atom. The van der Waals surface area contributed by atoms with Gasteiger partial charge in [0.15, 0.2) is 11.5 Å². The number of fused-ring (bicyclic) bond motifs is 1. The van der Waals surface area contributed by atoms with E-state index in [1.54, 1.807) is 38.2 Å². The third-order valence-electron chi connectivity index (χ3n) is 5.93. The fourth-order valence-electron chi connectivity index (χ4n) is 4.01. The molecule has 0 aliphatic rings. The van der Waals surface area contributed by atoms with Gasteiger partial charge in [0.05, 0.1) is 34.8 Å². The summed E-state index contributed by atoms with van der Waals surface area (Å²) in [5.41, 5.74) is 9.91. The molecular weight excluding hydrogens is 464 g/mol. The Morgan fingerprint density at radius 1 is 0.892 bits per heavy atom. The molecule has 0 radical (unpaired) electrons. The number of hydrogen-bond acceptors (Lipinski definition) is 7. The van der Waals surface area contributed by atoms with Crippen LogP contribution in [0.4, 0.5) is 5.82 Å². The molecule has 0 bridgehead atoms. The van der Waals surface area contributed by atoms with Crippen molar-refractivity contribution in [3.05, 3.63) is 102 Å². The molecule has 3 aromatic heterocycles. The fourth-order valence-corrected chi connectivity index (χ4v) is 4.01. The highest BCUT2D eigenvalue weighted by molar-refractivity contribution is 5.98. The van der Waals surface area contributed by atoms with Crippen molar-refractivity contribution in [2.45, 2.75) is 26.0 Å². The summed E-state index contributed by atoms with van der Waals surface area (Å²) in [5, 5.41) is 14.0. The minimum Gasteiger partial charge on any atom is -0.384 e. The largest absolute Gasteiger partial charge is 0.384 e. The lowest BCUT2D eigenvalue weighted by Gasteiger charge is -2.17. The van der Waals surface area contributed by atoms with E-state index in [2.05, 4.69) is 20.3 Å². The number of rotatable bonds is 6. The van der Waals surface area contributed by atoms with Gasteiger partial charge in [-0.2, -0.15) is 0 Å². The van der Waals surface area contributed by atoms with E-state index in [0.717, 1.165) is 22.0 Å². The molecular formula is C29H26N6O2. The lowest BCUT2D eigenvalue weighted by molar-refractivity contribution is 0.0736. The number of anilines is 1. The number of aliphatic hydroxyl groups is 1. The molecule has 2 aromatic carbocycles. The minimum absolute atomic E-state index is 0.0274. The number of amides is 1. The summed E-state index contributed by atoms with van der Waals surface area (Å²) in [5.74, 6) is -0.440. The van der Waals surface area contributed by atoms with Crippen LogP contribution in [-0.4, -0.2) is 30.9 Å². The average molecular weight is 491 g/mol. The van der Waals surface area contributed by atoms with Crippen LogP contribution in [-0.2, 0) is 12.1 Å². The Hall–Kier alpha value is -4.69. The molecule has 3 heterocycles. The topological polar surface area (TPSA) is 127 Å². The van der Waals surface area contributed by atoms with Crippen molar-refractivity contribution in [2.75, 3.05) is 5.73 Å². The van der Waals surface area contributed by atoms with E-state index in [0.29, 0.717) is 22.8 Å². The van der Waals surface area contributed by atoms with Crippen molar-refractivity contribution in [2.24, 2.45) is 0 Å². The zero-order chi connectivity index (χ0) is 26.0. The van der Waals surface area contributed by atoms with Gasteiger partial charge in [0.1, 0.15) is 5.60 Å². The minimum atomic E-state index is -1.09. The predicted molar refractivity (Wildman–Crippen MR) is 143 cm³/mol. The number of pyridine rings is 2. The normalized spacial score (nSPS) is 11.4. The fraction of sp³-hybridized carbons (Fsp3) is 0.138. The molecule has 184 valence electrons. The smallest absolute Gasteiger partial charge is 0.274 e. The molecule has 8 heteroatoms. The van der Waals surface area contributed by atoms with E-state index < -0.39 is 11.5 Å². The predicted octanol–water partition coefficient (Wildman–Crippen LogP) is 4.49. The Kier molecular flexibility index (Phi) is 6.33. The molecule has 0 fully saturated rings. The zero-order valence-corrected chi connectivity index (χ0v) is 20.5. The Balaban J connectivity index is 1.52. The maximum absolute atomic E-state index is 13.2. The summed E-state index contributed by atoms with van der Waals surface area (Å²) in [4.78, 5) is 31.3. The van der Waals surface area contributed by atoms with Crippen molar-refractivity contribution < 1.29 is 9.90 Å². The molecule has 5 aromatic rings. The van der Waals surface area contributed by atoms with Crippen molar-refractivity contribution in [3.8, 4) is 22.5 Å². The van der Waals surface area contributed by atoms with Crippen molar-refractivity contribution >= 4 is 22.6 Å². The van der Waals surface area contributed by atoms with Crippen molar-refractivity contribution in [1.82, 2.24) is 25.3 Å². The number of nitrogens with zero attached hydrogens (tertiary/aromatic N) is 4. The van der Waals surface area contributed by atoms with E-state index in [9.17, 15) is 9.90 Å². The highest BCUT2D eigenvalue weighted by Crippen LogP contribution is 2.32. The van der Waals surface area contributed by atoms with Gasteiger partial charge in [-0.3, -0.25) is 14.8 Å². The first kappa shape index (κ1) is 24.0. The molecule has 5 rings (SSSR count). The van der Waals surface area contributed by atoms with E-state index >= 15 is 0 Å². The van der Waals surface area contributed by atoms with Crippen LogP contribution in [0.15, 0.2) is 85.1 Å². The molecule has 4 N–H and O–H groups in total. The standard InChI is InChI=1S/C29H26N6O2/c1-29(2,37)23-12-6-11-21(33-23)17-32-28(36)26-27(30)35-24(18-8-4-3-5-9-18)25(34-26)20-13-14-22-19(16-20)10-7-15-31-22/h3-16,37H,17H2,1-2H3,(H2,30,35)(H,32,36). The highest BCUT2D eigenvalue weighted by Gasteiger charge is 2.21. The van der Waals surface area contributed by atoms with Gasteiger partial charge in [-0.05, 0) is 44.2 Å². The highest BCUT2D eigenvalue weighted by atomic mass is 16.3. The number of nitrogens with one attached hydrogen (secondary N) is 1. The third-order valence-corrected chi connectivity index (χ3v) is 5.93. The summed E-state index contributed by atoms with van der Waals surface area (Å²) < 4.78 is 0. The summed E-state index contributed by atoms with van der Waals surface area (Å²) in [7, 11) is 0. The molecule has 0 atom stereocenters. The van der Waals surface area contributed by atoms with Crippen LogP contribution in [0.3, 0.4) is 0 Å². The van der Waals surface area contributed by atoms with Crippen LogP contribution in [0, 0.1) is 0 Å². The number of hydrogen-bond donors (Lipinski definition) is 3. The molecule has 0 unspecified atom stereocenters. The number of aromatic nitrogens is 4. The SMILES string of the molecule is CC(C)(O)c1cccc(CNC(=O)c2nc(-c3ccc4ncccc4c3)c(-c3ccccc3)nc2N)n1. The second-order valence-electron chi connectivity index (χ2n) is 9.19. The van der Waals surface area contributed by atoms with Gasteiger partial charge in [-0.1, -0.05) is 48.5 Å². The number of benzene rings is 2.